The highest BCUT2D eigenvalue weighted by Gasteiger charge is 2.25. The van der Waals surface area contributed by atoms with Gasteiger partial charge < -0.3 is 8.79 Å². The molecular weight excluding hydrogens is 171 g/mol. The molecule has 0 aliphatic rings. The summed E-state index contributed by atoms with van der Waals surface area (Å²) in [6.07, 6.45) is 0. The van der Waals surface area contributed by atoms with Crippen molar-refractivity contribution in [1.82, 2.24) is 0 Å². The van der Waals surface area contributed by atoms with Gasteiger partial charge in [0, 0.05) is 0 Å². The molecule has 0 aliphatic carbocycles. The van der Waals surface area contributed by atoms with Crippen LogP contribution < -0.4 is 0 Å². The van der Waals surface area contributed by atoms with Crippen LogP contribution in [0.15, 0.2) is 0 Å². The second-order valence-electron chi connectivity index (χ2n) is 0.923. The maximum Gasteiger partial charge on any atom is 0.808 e. The molecule has 0 aliphatic heterocycles. The van der Waals surface area contributed by atoms with Crippen LogP contribution in [-0.2, 0) is 17.8 Å². The molecular formula is H3O7PSi. The first-order valence-corrected chi connectivity index (χ1v) is 4.32. The number of hydrogen-bond donors (Lipinski definition) is 3. The molecule has 0 fully saturated rings. The Morgan fingerprint density at radius 2 is 1.89 bits per heavy atom. The average molecular weight is 174 g/mol. The van der Waals surface area contributed by atoms with E-state index in [1.807, 2.05) is 0 Å². The van der Waals surface area contributed by atoms with Gasteiger partial charge in [-0.3, -0.25) is 14.2 Å². The van der Waals surface area contributed by atoms with Crippen molar-refractivity contribution in [3.63, 3.8) is 0 Å². The van der Waals surface area contributed by atoms with Gasteiger partial charge in [0.25, 0.3) is 0 Å². The monoisotopic (exact) mass is 174 g/mol. The summed E-state index contributed by atoms with van der Waals surface area (Å²) < 4.78 is 25.8. The fraction of sp³-hybridized carbons (Fsp3) is 0. The molecule has 0 atom stereocenters. The summed E-state index contributed by atoms with van der Waals surface area (Å²) in [5, 5.41) is 7.46. The van der Waals surface area contributed by atoms with Crippen LogP contribution in [0.2, 0.25) is 0 Å². The van der Waals surface area contributed by atoms with Gasteiger partial charge in [0.2, 0.25) is 0 Å². The van der Waals surface area contributed by atoms with Gasteiger partial charge in [-0.15, -0.1) is 0 Å². The Hall–Kier alpha value is -0.273. The topological polar surface area (TPSA) is 113 Å². The molecule has 7 nitrogen and oxygen atoms in total. The van der Waals surface area contributed by atoms with Crippen molar-refractivity contribution in [2.24, 2.45) is 0 Å². The first-order chi connectivity index (χ1) is 3.95. The molecule has 0 rings (SSSR count). The molecule has 0 aromatic rings. The van der Waals surface area contributed by atoms with Crippen LogP contribution in [0, 0.1) is 0 Å². The highest BCUT2D eigenvalue weighted by atomic mass is 31.2. The maximum atomic E-state index is 9.83. The normalized spacial score (nSPS) is 10.6. The number of hydrogen-bond acceptors (Lipinski definition) is 5. The predicted octanol–water partition coefficient (Wildman–Crippen LogP) is -0.999. The summed E-state index contributed by atoms with van der Waals surface area (Å²) in [5.74, 6) is 0. The minimum absolute atomic E-state index is 2.96. The molecule has 9 heavy (non-hydrogen) atoms. The van der Waals surface area contributed by atoms with Gasteiger partial charge in [0.1, 0.15) is 0 Å². The Labute approximate surface area is 50.9 Å². The van der Waals surface area contributed by atoms with Crippen molar-refractivity contribution in [3.05, 3.63) is 0 Å². The quantitative estimate of drug-likeness (QED) is 0.217. The number of rotatable bonds is 3. The maximum absolute atomic E-state index is 9.83. The molecule has 0 aromatic heterocycles. The van der Waals surface area contributed by atoms with Gasteiger partial charge in [-0.25, -0.2) is 9.82 Å². The summed E-state index contributed by atoms with van der Waals surface area (Å²) in [5.41, 5.74) is 0. The third-order valence-electron chi connectivity index (χ3n) is 0.268. The SMILES string of the molecule is O=[Si](OO)OP(=O)(O)O. The van der Waals surface area contributed by atoms with Crippen LogP contribution in [0.4, 0.5) is 0 Å². The summed E-state index contributed by atoms with van der Waals surface area (Å²) in [7, 11) is -8.23. The van der Waals surface area contributed by atoms with E-state index < -0.39 is 17.0 Å². The molecule has 0 saturated carbocycles. The molecule has 0 heterocycles. The van der Waals surface area contributed by atoms with Gasteiger partial charge >= 0.3 is 17.0 Å². The smallest absolute Gasteiger partial charge is 0.406 e. The molecule has 54 valence electrons. The molecule has 9 heteroatoms. The zero-order valence-electron chi connectivity index (χ0n) is 3.92. The van der Waals surface area contributed by atoms with E-state index in [1.165, 1.54) is 0 Å². The van der Waals surface area contributed by atoms with Crippen LogP contribution >= 0.6 is 7.82 Å². The Balaban J connectivity index is 3.75. The predicted molar refractivity (Wildman–Crippen MR) is 23.3 cm³/mol. The lowest BCUT2D eigenvalue weighted by Gasteiger charge is -1.99. The Bertz CT molecular complexity index is 143. The fourth-order valence-corrected chi connectivity index (χ4v) is 1.02. The van der Waals surface area contributed by atoms with E-state index >= 15 is 0 Å². The van der Waals surface area contributed by atoms with Gasteiger partial charge in [-0.05, 0) is 0 Å². The third-order valence-corrected chi connectivity index (χ3v) is 1.96. The molecule has 0 saturated heterocycles. The third kappa shape index (κ3) is 5.60. The molecule has 3 N–H and O–H groups in total. The minimum atomic E-state index is -4.79. The van der Waals surface area contributed by atoms with E-state index in [0.717, 1.165) is 0 Å². The van der Waals surface area contributed by atoms with E-state index in [1.54, 1.807) is 0 Å². The molecule has 0 unspecified atom stereocenters. The van der Waals surface area contributed by atoms with Crippen molar-refractivity contribution in [1.29, 1.82) is 0 Å². The Morgan fingerprint density at radius 3 is 2.00 bits per heavy atom. The largest absolute Gasteiger partial charge is 0.808 e. The fourth-order valence-electron chi connectivity index (χ4n) is 0.114. The lowest BCUT2D eigenvalue weighted by molar-refractivity contribution is -0.160. The summed E-state index contributed by atoms with van der Waals surface area (Å²) >= 11 is 0. The first-order valence-electron chi connectivity index (χ1n) is 1.56. The van der Waals surface area contributed by atoms with E-state index in [0.29, 0.717) is 0 Å². The standard InChI is InChI=1S/H3O7PSi/c1-6-9(5)7-8(2,3)4/h1H,(H2,2,3,4). The summed E-state index contributed by atoms with van der Waals surface area (Å²) in [6.45, 7) is 0. The van der Waals surface area contributed by atoms with Gasteiger partial charge in [-0.1, -0.05) is 0 Å². The molecule has 0 aromatic carbocycles. The van der Waals surface area contributed by atoms with Crippen molar-refractivity contribution < 1.29 is 32.9 Å². The van der Waals surface area contributed by atoms with Crippen LogP contribution in [0.1, 0.15) is 0 Å². The lowest BCUT2D eigenvalue weighted by atomic mass is 15.0. The highest BCUT2D eigenvalue weighted by Crippen LogP contribution is 2.35. The molecule has 0 spiro atoms. The second-order valence-corrected chi connectivity index (χ2v) is 3.32. The van der Waals surface area contributed by atoms with Crippen molar-refractivity contribution in [3.8, 4) is 0 Å². The Morgan fingerprint density at radius 1 is 1.44 bits per heavy atom. The Kier molecular flexibility index (Phi) is 2.95. The van der Waals surface area contributed by atoms with Crippen LogP contribution in [-0.4, -0.2) is 24.2 Å². The van der Waals surface area contributed by atoms with Gasteiger partial charge in [0.15, 0.2) is 0 Å². The zero-order valence-corrected chi connectivity index (χ0v) is 5.82. The zero-order chi connectivity index (χ0) is 7.49. The van der Waals surface area contributed by atoms with Crippen molar-refractivity contribution in [2.45, 2.75) is 0 Å². The van der Waals surface area contributed by atoms with Crippen LogP contribution in [0.5, 0.6) is 0 Å². The molecule has 0 bridgehead atoms. The average Bonchev–Trinajstić information content (AvgIpc) is 1.62. The lowest BCUT2D eigenvalue weighted by Crippen LogP contribution is -2.07. The summed E-state index contributed by atoms with van der Waals surface area (Å²) in [6, 6.07) is 0. The van der Waals surface area contributed by atoms with E-state index in [-0.39, 0.29) is 0 Å². The van der Waals surface area contributed by atoms with E-state index in [2.05, 4.69) is 8.79 Å². The number of phosphoric acid groups is 1. The first kappa shape index (κ1) is 8.73. The van der Waals surface area contributed by atoms with E-state index in [9.17, 15) is 9.03 Å². The molecule has 0 amide bonds. The van der Waals surface area contributed by atoms with E-state index in [4.69, 9.17) is 15.0 Å². The second kappa shape index (κ2) is 3.04. The van der Waals surface area contributed by atoms with Gasteiger partial charge in [0.05, 0.1) is 0 Å². The highest BCUT2D eigenvalue weighted by molar-refractivity contribution is 7.47. The van der Waals surface area contributed by atoms with Crippen molar-refractivity contribution >= 4 is 17.0 Å². The summed E-state index contributed by atoms with van der Waals surface area (Å²) in [4.78, 5) is 15.7. The minimum Gasteiger partial charge on any atom is -0.406 e. The molecule has 0 radical (unpaired) electrons. The van der Waals surface area contributed by atoms with Crippen LogP contribution in [0.3, 0.4) is 0 Å². The van der Waals surface area contributed by atoms with Crippen molar-refractivity contribution in [2.75, 3.05) is 0 Å². The van der Waals surface area contributed by atoms with Crippen LogP contribution in [0.25, 0.3) is 0 Å². The van der Waals surface area contributed by atoms with Gasteiger partial charge in [-0.2, -0.15) is 0 Å².